The summed E-state index contributed by atoms with van der Waals surface area (Å²) < 4.78 is 1.99. The third-order valence-corrected chi connectivity index (χ3v) is 5.51. The second kappa shape index (κ2) is 10.4. The van der Waals surface area contributed by atoms with Crippen molar-refractivity contribution in [3.8, 4) is 0 Å². The van der Waals surface area contributed by atoms with Gasteiger partial charge in [-0.3, -0.25) is 9.59 Å². The Morgan fingerprint density at radius 3 is 2.45 bits per heavy atom. The van der Waals surface area contributed by atoms with Crippen molar-refractivity contribution in [2.24, 2.45) is 11.7 Å². The number of primary amides is 1. The summed E-state index contributed by atoms with van der Waals surface area (Å²) in [5.41, 5.74) is 7.22. The molecule has 1 aromatic carbocycles. The molecular formula is C21H31N5O2S. The average Bonchev–Trinajstić information content (AvgIpc) is 3.01. The van der Waals surface area contributed by atoms with E-state index in [9.17, 15) is 9.59 Å². The van der Waals surface area contributed by atoms with Crippen LogP contribution in [0.3, 0.4) is 0 Å². The first-order chi connectivity index (χ1) is 13.7. The van der Waals surface area contributed by atoms with Crippen LogP contribution in [0.25, 0.3) is 0 Å². The molecule has 3 N–H and O–H groups in total. The molecule has 29 heavy (non-hydrogen) atoms. The van der Waals surface area contributed by atoms with Gasteiger partial charge in [0.1, 0.15) is 5.82 Å². The second-order valence-corrected chi connectivity index (χ2v) is 9.17. The smallest absolute Gasteiger partial charge is 0.237 e. The Morgan fingerprint density at radius 2 is 1.83 bits per heavy atom. The van der Waals surface area contributed by atoms with E-state index in [1.165, 1.54) is 11.8 Å². The van der Waals surface area contributed by atoms with Crippen molar-refractivity contribution in [2.45, 2.75) is 70.3 Å². The van der Waals surface area contributed by atoms with Gasteiger partial charge in [-0.2, -0.15) is 0 Å². The Kier molecular flexibility index (Phi) is 8.25. The topological polar surface area (TPSA) is 103 Å². The number of nitrogens with zero attached hydrogens (tertiary/aromatic N) is 3. The average molecular weight is 418 g/mol. The van der Waals surface area contributed by atoms with Gasteiger partial charge < -0.3 is 15.6 Å². The first-order valence-electron chi connectivity index (χ1n) is 9.95. The summed E-state index contributed by atoms with van der Waals surface area (Å²) in [6, 6.07) is 7.85. The highest BCUT2D eigenvalue weighted by Crippen LogP contribution is 2.27. The number of rotatable bonds is 10. The number of amides is 2. The summed E-state index contributed by atoms with van der Waals surface area (Å²) in [5.74, 6) is 0.963. The summed E-state index contributed by atoms with van der Waals surface area (Å²) in [4.78, 5) is 23.9. The number of hydrogen-bond donors (Lipinski definition) is 2. The monoisotopic (exact) mass is 417 g/mol. The Labute approximate surface area is 176 Å². The molecule has 1 heterocycles. The Morgan fingerprint density at radius 1 is 1.14 bits per heavy atom. The number of nitrogens with two attached hydrogens (primary N) is 1. The van der Waals surface area contributed by atoms with Crippen LogP contribution in [0.15, 0.2) is 29.4 Å². The number of anilines is 1. The molecule has 1 atom stereocenters. The van der Waals surface area contributed by atoms with Crippen LogP contribution < -0.4 is 11.1 Å². The van der Waals surface area contributed by atoms with Crippen LogP contribution in [0.1, 0.15) is 58.3 Å². The molecule has 0 radical (unpaired) electrons. The van der Waals surface area contributed by atoms with Gasteiger partial charge in [0.2, 0.25) is 11.8 Å². The lowest BCUT2D eigenvalue weighted by atomic mass is 10.0. The molecule has 1 aromatic heterocycles. The zero-order valence-electron chi connectivity index (χ0n) is 17.8. The lowest BCUT2D eigenvalue weighted by molar-refractivity contribution is -0.118. The number of thioether (sulfide) groups is 1. The van der Waals surface area contributed by atoms with Gasteiger partial charge in [-0.25, -0.2) is 0 Å². The van der Waals surface area contributed by atoms with Crippen LogP contribution in [-0.2, 0) is 22.6 Å². The summed E-state index contributed by atoms with van der Waals surface area (Å²) in [5, 5.41) is 11.9. The van der Waals surface area contributed by atoms with Crippen molar-refractivity contribution in [3.05, 3.63) is 35.7 Å². The Hall–Kier alpha value is -2.35. The largest absolute Gasteiger partial charge is 0.370 e. The zero-order chi connectivity index (χ0) is 21.6. The molecule has 0 saturated carbocycles. The third-order valence-electron chi connectivity index (χ3n) is 4.43. The summed E-state index contributed by atoms with van der Waals surface area (Å²) >= 11 is 1.37. The number of aromatic nitrogens is 3. The molecule has 0 aliphatic heterocycles. The number of benzene rings is 1. The van der Waals surface area contributed by atoms with Crippen molar-refractivity contribution < 1.29 is 9.59 Å². The lowest BCUT2D eigenvalue weighted by Crippen LogP contribution is -2.24. The maximum atomic E-state index is 12.8. The van der Waals surface area contributed by atoms with Crippen LogP contribution in [-0.4, -0.2) is 31.8 Å². The van der Waals surface area contributed by atoms with Crippen molar-refractivity contribution in [1.29, 1.82) is 0 Å². The summed E-state index contributed by atoms with van der Waals surface area (Å²) in [6.07, 6.45) is 0.668. The maximum Gasteiger partial charge on any atom is 0.237 e. The SMILES string of the molecule is CC(C)Cn1c(CCC(N)=O)nnc1SC(C)C(=O)Nc1ccccc1C(C)C. The molecule has 2 amide bonds. The molecule has 2 aromatic rings. The minimum atomic E-state index is -0.366. The van der Waals surface area contributed by atoms with E-state index in [1.807, 2.05) is 35.8 Å². The molecule has 0 aliphatic carbocycles. The molecular weight excluding hydrogens is 386 g/mol. The van der Waals surface area contributed by atoms with Crippen molar-refractivity contribution in [1.82, 2.24) is 14.8 Å². The highest BCUT2D eigenvalue weighted by atomic mass is 32.2. The van der Waals surface area contributed by atoms with E-state index in [1.54, 1.807) is 0 Å². The fourth-order valence-corrected chi connectivity index (χ4v) is 3.81. The van der Waals surface area contributed by atoms with E-state index in [0.29, 0.717) is 30.0 Å². The fourth-order valence-electron chi connectivity index (χ4n) is 2.93. The highest BCUT2D eigenvalue weighted by molar-refractivity contribution is 8.00. The standard InChI is InChI=1S/C21H31N5O2S/c1-13(2)12-26-19(11-10-18(22)27)24-25-21(26)29-15(5)20(28)23-17-9-7-6-8-16(17)14(3)4/h6-9,13-15H,10-12H2,1-5H3,(H2,22,27)(H,23,28). The molecule has 0 spiro atoms. The highest BCUT2D eigenvalue weighted by Gasteiger charge is 2.22. The normalized spacial score (nSPS) is 12.4. The maximum absolute atomic E-state index is 12.8. The molecule has 158 valence electrons. The fraction of sp³-hybridized carbons (Fsp3) is 0.524. The lowest BCUT2D eigenvalue weighted by Gasteiger charge is -2.17. The van der Waals surface area contributed by atoms with Gasteiger partial charge in [-0.1, -0.05) is 57.7 Å². The van der Waals surface area contributed by atoms with E-state index in [0.717, 1.165) is 17.1 Å². The Bertz CT molecular complexity index is 847. The minimum absolute atomic E-state index is 0.0825. The number of carbonyl (C=O) groups excluding carboxylic acids is 2. The predicted octanol–water partition coefficient (Wildman–Crippen LogP) is 3.59. The van der Waals surface area contributed by atoms with Gasteiger partial charge in [0.15, 0.2) is 5.16 Å². The third kappa shape index (κ3) is 6.59. The number of para-hydroxylation sites is 1. The van der Waals surface area contributed by atoms with Gasteiger partial charge in [0.25, 0.3) is 0 Å². The molecule has 0 fully saturated rings. The van der Waals surface area contributed by atoms with Gasteiger partial charge in [-0.05, 0) is 30.4 Å². The van der Waals surface area contributed by atoms with Crippen LogP contribution >= 0.6 is 11.8 Å². The van der Waals surface area contributed by atoms with Crippen LogP contribution in [0.4, 0.5) is 5.69 Å². The quantitative estimate of drug-likeness (QED) is 0.575. The minimum Gasteiger partial charge on any atom is -0.370 e. The number of hydrogen-bond acceptors (Lipinski definition) is 5. The van der Waals surface area contributed by atoms with Crippen LogP contribution in [0.2, 0.25) is 0 Å². The van der Waals surface area contributed by atoms with E-state index in [2.05, 4.69) is 43.2 Å². The van der Waals surface area contributed by atoms with Crippen molar-refractivity contribution >= 4 is 29.3 Å². The Balaban J connectivity index is 2.14. The van der Waals surface area contributed by atoms with Gasteiger partial charge >= 0.3 is 0 Å². The molecule has 7 nitrogen and oxygen atoms in total. The van der Waals surface area contributed by atoms with Crippen LogP contribution in [0.5, 0.6) is 0 Å². The zero-order valence-corrected chi connectivity index (χ0v) is 18.6. The molecule has 0 bridgehead atoms. The molecule has 0 saturated heterocycles. The van der Waals surface area contributed by atoms with Gasteiger partial charge in [0, 0.05) is 25.1 Å². The molecule has 2 rings (SSSR count). The summed E-state index contributed by atoms with van der Waals surface area (Å²) in [7, 11) is 0. The number of aryl methyl sites for hydroxylation is 1. The first-order valence-corrected chi connectivity index (χ1v) is 10.8. The van der Waals surface area contributed by atoms with E-state index in [-0.39, 0.29) is 23.5 Å². The first kappa shape index (κ1) is 22.9. The summed E-state index contributed by atoms with van der Waals surface area (Å²) in [6.45, 7) is 11.0. The van der Waals surface area contributed by atoms with Gasteiger partial charge in [0.05, 0.1) is 5.25 Å². The van der Waals surface area contributed by atoms with E-state index in [4.69, 9.17) is 5.73 Å². The van der Waals surface area contributed by atoms with E-state index < -0.39 is 0 Å². The molecule has 0 aliphatic rings. The second-order valence-electron chi connectivity index (χ2n) is 7.86. The van der Waals surface area contributed by atoms with Gasteiger partial charge in [-0.15, -0.1) is 10.2 Å². The van der Waals surface area contributed by atoms with Crippen LogP contribution in [0, 0.1) is 5.92 Å². The predicted molar refractivity (Wildman–Crippen MR) is 117 cm³/mol. The molecule has 8 heteroatoms. The number of carbonyl (C=O) groups is 2. The molecule has 1 unspecified atom stereocenters. The number of nitrogens with one attached hydrogen (secondary N) is 1. The van der Waals surface area contributed by atoms with E-state index >= 15 is 0 Å². The van der Waals surface area contributed by atoms with Crippen molar-refractivity contribution in [3.63, 3.8) is 0 Å². The van der Waals surface area contributed by atoms with Crippen molar-refractivity contribution in [2.75, 3.05) is 5.32 Å².